The molecule has 27 heavy (non-hydrogen) atoms. The molecule has 1 fully saturated rings. The van der Waals surface area contributed by atoms with Crippen molar-refractivity contribution in [3.05, 3.63) is 71.8 Å². The van der Waals surface area contributed by atoms with Crippen molar-refractivity contribution in [3.8, 4) is 0 Å². The lowest BCUT2D eigenvalue weighted by molar-refractivity contribution is 0.0228. The average Bonchev–Trinajstić information content (AvgIpc) is 2.72. The highest BCUT2D eigenvalue weighted by molar-refractivity contribution is 7.48. The fourth-order valence-electron chi connectivity index (χ4n) is 3.14. The first-order chi connectivity index (χ1) is 13.1. The van der Waals surface area contributed by atoms with Crippen molar-refractivity contribution in [3.63, 3.8) is 0 Å². The molecule has 1 aliphatic rings. The fourth-order valence-corrected chi connectivity index (χ4v) is 4.35. The van der Waals surface area contributed by atoms with Crippen LogP contribution in [0.3, 0.4) is 0 Å². The normalized spacial score (nSPS) is 20.5. The molecule has 0 saturated heterocycles. The molecule has 0 aliphatic heterocycles. The molecule has 0 amide bonds. The van der Waals surface area contributed by atoms with E-state index in [0.29, 0.717) is 0 Å². The van der Waals surface area contributed by atoms with E-state index in [1.807, 2.05) is 60.7 Å². The van der Waals surface area contributed by atoms with Gasteiger partial charge in [-0.05, 0) is 24.0 Å². The van der Waals surface area contributed by atoms with Gasteiger partial charge in [0.25, 0.3) is 0 Å². The molecular weight excluding hydrogens is 363 g/mol. The summed E-state index contributed by atoms with van der Waals surface area (Å²) in [6, 6.07) is 19.0. The minimum atomic E-state index is -3.75. The summed E-state index contributed by atoms with van der Waals surface area (Å²) < 4.78 is 30.0. The van der Waals surface area contributed by atoms with E-state index in [-0.39, 0.29) is 25.7 Å². The highest BCUT2D eigenvalue weighted by Gasteiger charge is 2.31. The molecule has 0 spiro atoms. The molecule has 1 saturated carbocycles. The summed E-state index contributed by atoms with van der Waals surface area (Å²) in [5, 5.41) is 10.1. The molecule has 5 nitrogen and oxygen atoms in total. The SMILES string of the molecule is O=P(OCc1ccccc1)(OCc1ccccc1)OC[C@@H]1CCCC[C@@H]1O. The second-order valence-electron chi connectivity index (χ2n) is 6.87. The molecule has 2 aromatic carbocycles. The quantitative estimate of drug-likeness (QED) is 0.604. The van der Waals surface area contributed by atoms with Gasteiger partial charge in [-0.3, -0.25) is 13.6 Å². The Bertz CT molecular complexity index is 674. The Hall–Kier alpha value is -1.49. The molecule has 0 radical (unpaired) electrons. The Morgan fingerprint density at radius 2 is 1.33 bits per heavy atom. The van der Waals surface area contributed by atoms with Crippen LogP contribution in [0, 0.1) is 5.92 Å². The van der Waals surface area contributed by atoms with Gasteiger partial charge in [0.15, 0.2) is 0 Å². The number of aliphatic hydroxyl groups is 1. The second kappa shape index (κ2) is 10.2. The van der Waals surface area contributed by atoms with Crippen LogP contribution < -0.4 is 0 Å². The van der Waals surface area contributed by atoms with E-state index >= 15 is 0 Å². The van der Waals surface area contributed by atoms with Crippen LogP contribution in [0.2, 0.25) is 0 Å². The number of phosphoric ester groups is 1. The molecule has 3 rings (SSSR count). The van der Waals surface area contributed by atoms with Crippen LogP contribution in [0.4, 0.5) is 0 Å². The van der Waals surface area contributed by atoms with E-state index in [0.717, 1.165) is 36.8 Å². The molecule has 0 heterocycles. The van der Waals surface area contributed by atoms with E-state index in [1.54, 1.807) is 0 Å². The predicted octanol–water partition coefficient (Wildman–Crippen LogP) is 5.10. The Balaban J connectivity index is 1.62. The number of hydrogen-bond acceptors (Lipinski definition) is 5. The number of hydrogen-bond donors (Lipinski definition) is 1. The summed E-state index contributed by atoms with van der Waals surface area (Å²) in [7, 11) is -3.75. The van der Waals surface area contributed by atoms with Gasteiger partial charge in [-0.25, -0.2) is 4.57 Å². The van der Waals surface area contributed by atoms with Crippen molar-refractivity contribution in [1.29, 1.82) is 0 Å². The van der Waals surface area contributed by atoms with Gasteiger partial charge in [-0.2, -0.15) is 0 Å². The topological polar surface area (TPSA) is 65.0 Å². The molecule has 0 unspecified atom stereocenters. The highest BCUT2D eigenvalue weighted by Crippen LogP contribution is 2.51. The van der Waals surface area contributed by atoms with Gasteiger partial charge in [-0.1, -0.05) is 73.5 Å². The summed E-state index contributed by atoms with van der Waals surface area (Å²) in [5.74, 6) is -0.0345. The van der Waals surface area contributed by atoms with Crippen LogP contribution in [0.15, 0.2) is 60.7 Å². The van der Waals surface area contributed by atoms with E-state index in [2.05, 4.69) is 0 Å². The third-order valence-corrected chi connectivity index (χ3v) is 6.14. The van der Waals surface area contributed by atoms with Crippen molar-refractivity contribution in [1.82, 2.24) is 0 Å². The Labute approximate surface area is 160 Å². The van der Waals surface area contributed by atoms with E-state index in [9.17, 15) is 9.67 Å². The van der Waals surface area contributed by atoms with Crippen LogP contribution in [-0.4, -0.2) is 17.8 Å². The third-order valence-electron chi connectivity index (χ3n) is 4.78. The van der Waals surface area contributed by atoms with Gasteiger partial charge in [0, 0.05) is 5.92 Å². The lowest BCUT2D eigenvalue weighted by atomic mass is 9.87. The van der Waals surface area contributed by atoms with E-state index in [4.69, 9.17) is 13.6 Å². The summed E-state index contributed by atoms with van der Waals surface area (Å²) >= 11 is 0. The molecule has 0 bridgehead atoms. The molecule has 146 valence electrons. The van der Waals surface area contributed by atoms with Crippen molar-refractivity contribution in [2.75, 3.05) is 6.61 Å². The number of aliphatic hydroxyl groups excluding tert-OH is 1. The van der Waals surface area contributed by atoms with E-state index < -0.39 is 13.9 Å². The summed E-state index contributed by atoms with van der Waals surface area (Å²) in [5.41, 5.74) is 1.78. The van der Waals surface area contributed by atoms with Crippen molar-refractivity contribution >= 4 is 7.82 Å². The van der Waals surface area contributed by atoms with Crippen molar-refractivity contribution in [2.24, 2.45) is 5.92 Å². The van der Waals surface area contributed by atoms with Crippen LogP contribution in [0.25, 0.3) is 0 Å². The molecule has 1 N–H and O–H groups in total. The first-order valence-corrected chi connectivity index (χ1v) is 10.9. The predicted molar refractivity (Wildman–Crippen MR) is 104 cm³/mol. The van der Waals surface area contributed by atoms with Gasteiger partial charge in [0.2, 0.25) is 0 Å². The van der Waals surface area contributed by atoms with Gasteiger partial charge < -0.3 is 5.11 Å². The zero-order chi connectivity index (χ0) is 19.0. The molecular formula is C21H27O5P. The van der Waals surface area contributed by atoms with Gasteiger partial charge in [-0.15, -0.1) is 0 Å². The molecule has 2 atom stereocenters. The minimum absolute atomic E-state index is 0.0345. The van der Waals surface area contributed by atoms with Crippen molar-refractivity contribution < 1.29 is 23.2 Å². The van der Waals surface area contributed by atoms with Gasteiger partial charge in [0.1, 0.15) is 0 Å². The Morgan fingerprint density at radius 3 is 1.85 bits per heavy atom. The second-order valence-corrected chi connectivity index (χ2v) is 8.54. The largest absolute Gasteiger partial charge is 0.475 e. The monoisotopic (exact) mass is 390 g/mol. The van der Waals surface area contributed by atoms with E-state index in [1.165, 1.54) is 0 Å². The third kappa shape index (κ3) is 6.56. The zero-order valence-corrected chi connectivity index (χ0v) is 16.3. The first kappa shape index (κ1) is 20.2. The number of rotatable bonds is 9. The first-order valence-electron chi connectivity index (χ1n) is 9.44. The van der Waals surface area contributed by atoms with Crippen LogP contribution in [0.1, 0.15) is 36.8 Å². The smallest absolute Gasteiger partial charge is 0.393 e. The lowest BCUT2D eigenvalue weighted by Gasteiger charge is -2.28. The summed E-state index contributed by atoms with van der Waals surface area (Å²) in [4.78, 5) is 0. The maximum atomic E-state index is 13.2. The standard InChI is InChI=1S/C21H27O5P/c22-21-14-8-7-13-20(21)17-26-27(23,24-15-18-9-3-1-4-10-18)25-16-19-11-5-2-6-12-19/h1-6,9-12,20-22H,7-8,13-17H2/t20-,21-/m0/s1. The molecule has 6 heteroatoms. The Kier molecular flexibility index (Phi) is 7.62. The van der Waals surface area contributed by atoms with Crippen molar-refractivity contribution in [2.45, 2.75) is 45.0 Å². The average molecular weight is 390 g/mol. The van der Waals surface area contributed by atoms with Crippen LogP contribution >= 0.6 is 7.82 Å². The minimum Gasteiger partial charge on any atom is -0.393 e. The fraction of sp³-hybridized carbons (Fsp3) is 0.429. The summed E-state index contributed by atoms with van der Waals surface area (Å²) in [6.07, 6.45) is 3.26. The van der Waals surface area contributed by atoms with Gasteiger partial charge >= 0.3 is 7.82 Å². The zero-order valence-electron chi connectivity index (χ0n) is 15.4. The maximum Gasteiger partial charge on any atom is 0.475 e. The number of benzene rings is 2. The molecule has 2 aromatic rings. The summed E-state index contributed by atoms with van der Waals surface area (Å²) in [6.45, 7) is 0.447. The van der Waals surface area contributed by atoms with Crippen LogP contribution in [-0.2, 0) is 31.4 Å². The number of phosphoric acid groups is 1. The Morgan fingerprint density at radius 1 is 0.815 bits per heavy atom. The lowest BCUT2D eigenvalue weighted by Crippen LogP contribution is -2.28. The molecule has 1 aliphatic carbocycles. The maximum absolute atomic E-state index is 13.2. The van der Waals surface area contributed by atoms with Gasteiger partial charge in [0.05, 0.1) is 25.9 Å². The van der Waals surface area contributed by atoms with Crippen LogP contribution in [0.5, 0.6) is 0 Å². The highest BCUT2D eigenvalue weighted by atomic mass is 31.2. The molecule has 0 aromatic heterocycles.